The van der Waals surface area contributed by atoms with Crippen molar-refractivity contribution in [3.05, 3.63) is 76.0 Å². The molecule has 0 bridgehead atoms. The fraction of sp³-hybridized carbons (Fsp3) is 0.500. The molecule has 1 saturated carbocycles. The summed E-state index contributed by atoms with van der Waals surface area (Å²) in [5.74, 6) is 2.13. The molecule has 2 aromatic carbocycles. The molecule has 0 radical (unpaired) electrons. The van der Waals surface area contributed by atoms with Crippen molar-refractivity contribution < 1.29 is 28.6 Å². The van der Waals surface area contributed by atoms with Crippen molar-refractivity contribution in [3.8, 4) is 28.4 Å². The Hall–Kier alpha value is -5.34. The molecule has 1 spiro atoms. The van der Waals surface area contributed by atoms with Crippen LogP contribution in [0.4, 0.5) is 0 Å². The maximum absolute atomic E-state index is 13.1. The van der Waals surface area contributed by atoms with Gasteiger partial charge in [-0.1, -0.05) is 0 Å². The standard InChI is InChI=1S/C44H51N7O7/c1-48-25-35(33-21-45-46-22-34(33)42(48)54)28-17-38(56-2)36(39(18-28)57-3)26-49-12-8-27(9-13-49)23-50-14-10-44(11-15-50)19-31(20-44)58-30-4-5-32-29(16-30)24-51(43(32)55)37-6-7-40(52)47-41(37)53/h4-5,16-18,21-22,25,27,31,37H,6-15,19-20,23-24,26H2,1-3H3,(H,47,52,53). The van der Waals surface area contributed by atoms with Gasteiger partial charge in [0.2, 0.25) is 11.8 Å². The number of nitrogens with one attached hydrogen (secondary N) is 1. The summed E-state index contributed by atoms with van der Waals surface area (Å²) in [4.78, 5) is 56.6. The minimum absolute atomic E-state index is 0.118. The molecule has 3 amide bonds. The molecule has 9 rings (SSSR count). The normalized spacial score (nSPS) is 21.6. The van der Waals surface area contributed by atoms with Crippen molar-refractivity contribution in [2.75, 3.05) is 46.9 Å². The quantitative estimate of drug-likeness (QED) is 0.229. The second-order valence-corrected chi connectivity index (χ2v) is 17.0. The fourth-order valence-corrected chi connectivity index (χ4v) is 10.1. The number of fused-ring (bicyclic) bond motifs is 2. The molecule has 14 heteroatoms. The van der Waals surface area contributed by atoms with Gasteiger partial charge in [0, 0.05) is 55.8 Å². The molecule has 1 N–H and O–H groups in total. The summed E-state index contributed by atoms with van der Waals surface area (Å²) in [7, 11) is 5.13. The molecule has 14 nitrogen and oxygen atoms in total. The largest absolute Gasteiger partial charge is 0.496 e. The highest BCUT2D eigenvalue weighted by molar-refractivity contribution is 6.05. The van der Waals surface area contributed by atoms with Crippen LogP contribution in [0.25, 0.3) is 21.9 Å². The maximum atomic E-state index is 13.1. The zero-order valence-corrected chi connectivity index (χ0v) is 33.5. The first kappa shape index (κ1) is 38.2. The van der Waals surface area contributed by atoms with Crippen LogP contribution in [0.2, 0.25) is 0 Å². The highest BCUT2D eigenvalue weighted by Crippen LogP contribution is 2.51. The van der Waals surface area contributed by atoms with Crippen LogP contribution in [0.15, 0.2) is 53.7 Å². The number of amides is 3. The van der Waals surface area contributed by atoms with E-state index in [0.29, 0.717) is 35.2 Å². The van der Waals surface area contributed by atoms with E-state index in [4.69, 9.17) is 14.2 Å². The molecule has 304 valence electrons. The van der Waals surface area contributed by atoms with Crippen molar-refractivity contribution in [3.63, 3.8) is 0 Å². The SMILES string of the molecule is COc1cc(-c2cn(C)c(=O)c3cnncc23)cc(OC)c1CN1CCC(CN2CCC3(CC2)CC(Oc2ccc4c(c2)CN(C2CCC(=O)NC2=O)C4=O)C3)CC1. The van der Waals surface area contributed by atoms with Gasteiger partial charge in [0.25, 0.3) is 11.5 Å². The molecular formula is C44H51N7O7. The molecule has 58 heavy (non-hydrogen) atoms. The Kier molecular flexibility index (Phi) is 10.2. The van der Waals surface area contributed by atoms with Gasteiger partial charge in [-0.3, -0.25) is 29.4 Å². The van der Waals surface area contributed by atoms with Gasteiger partial charge in [0.05, 0.1) is 43.7 Å². The molecule has 1 atom stereocenters. The number of pyridine rings is 1. The molecule has 4 aliphatic heterocycles. The Morgan fingerprint density at radius 2 is 1.55 bits per heavy atom. The average Bonchev–Trinajstić information content (AvgIpc) is 3.54. The molecule has 2 aromatic heterocycles. The van der Waals surface area contributed by atoms with Gasteiger partial charge < -0.3 is 28.6 Å². The van der Waals surface area contributed by atoms with Crippen LogP contribution in [-0.2, 0) is 29.7 Å². The third-order valence-corrected chi connectivity index (χ3v) is 13.5. The molecule has 1 unspecified atom stereocenters. The second kappa shape index (κ2) is 15.4. The number of nitrogens with zero attached hydrogens (tertiary/aromatic N) is 6. The first-order valence-electron chi connectivity index (χ1n) is 20.5. The Bertz CT molecular complexity index is 2300. The number of hydrogen-bond donors (Lipinski definition) is 1. The fourth-order valence-electron chi connectivity index (χ4n) is 10.1. The molecule has 5 aliphatic rings. The zero-order chi connectivity index (χ0) is 40.1. The van der Waals surface area contributed by atoms with E-state index < -0.39 is 11.9 Å². The van der Waals surface area contributed by atoms with Crippen LogP contribution in [-0.4, -0.2) is 106 Å². The number of hydrogen-bond acceptors (Lipinski definition) is 11. The second-order valence-electron chi connectivity index (χ2n) is 17.0. The monoisotopic (exact) mass is 789 g/mol. The first-order chi connectivity index (χ1) is 28.1. The molecule has 4 aromatic rings. The number of benzene rings is 2. The van der Waals surface area contributed by atoms with Crippen molar-refractivity contribution in [1.29, 1.82) is 0 Å². The van der Waals surface area contributed by atoms with E-state index in [9.17, 15) is 19.2 Å². The molecule has 3 saturated heterocycles. The van der Waals surface area contributed by atoms with Crippen LogP contribution >= 0.6 is 0 Å². The van der Waals surface area contributed by atoms with Crippen LogP contribution < -0.4 is 25.1 Å². The lowest BCUT2D eigenvalue weighted by molar-refractivity contribution is -0.136. The summed E-state index contributed by atoms with van der Waals surface area (Å²) in [5.41, 5.74) is 4.49. The minimum atomic E-state index is -0.614. The summed E-state index contributed by atoms with van der Waals surface area (Å²) < 4.78 is 19.9. The van der Waals surface area contributed by atoms with Gasteiger partial charge in [-0.05, 0) is 124 Å². The van der Waals surface area contributed by atoms with E-state index in [1.165, 1.54) is 19.0 Å². The van der Waals surface area contributed by atoms with E-state index in [1.807, 2.05) is 36.5 Å². The Morgan fingerprint density at radius 1 is 0.845 bits per heavy atom. The van der Waals surface area contributed by atoms with Crippen LogP contribution in [0, 0.1) is 11.3 Å². The van der Waals surface area contributed by atoms with Gasteiger partial charge in [-0.2, -0.15) is 10.2 Å². The molecular weight excluding hydrogens is 739 g/mol. The van der Waals surface area contributed by atoms with Crippen LogP contribution in [0.1, 0.15) is 72.9 Å². The van der Waals surface area contributed by atoms with E-state index in [-0.39, 0.29) is 29.9 Å². The number of imide groups is 1. The minimum Gasteiger partial charge on any atom is -0.496 e. The molecule has 1 aliphatic carbocycles. The summed E-state index contributed by atoms with van der Waals surface area (Å²) >= 11 is 0. The van der Waals surface area contributed by atoms with Crippen LogP contribution in [0.5, 0.6) is 17.2 Å². The number of ether oxygens (including phenoxy) is 3. The van der Waals surface area contributed by atoms with Gasteiger partial charge in [-0.25, -0.2) is 0 Å². The lowest BCUT2D eigenvalue weighted by Gasteiger charge is -2.52. The smallest absolute Gasteiger partial charge is 0.259 e. The van der Waals surface area contributed by atoms with E-state index >= 15 is 0 Å². The van der Waals surface area contributed by atoms with Crippen molar-refractivity contribution in [2.45, 2.75) is 76.6 Å². The number of rotatable bonds is 10. The van der Waals surface area contributed by atoms with E-state index in [2.05, 4.69) is 25.3 Å². The Balaban J connectivity index is 0.745. The van der Waals surface area contributed by atoms with E-state index in [0.717, 1.165) is 110 Å². The molecule has 4 fully saturated rings. The summed E-state index contributed by atoms with van der Waals surface area (Å²) in [6.45, 7) is 6.53. The predicted octanol–water partition coefficient (Wildman–Crippen LogP) is 4.31. The van der Waals surface area contributed by atoms with Gasteiger partial charge in [0.15, 0.2) is 0 Å². The van der Waals surface area contributed by atoms with Gasteiger partial charge >= 0.3 is 0 Å². The maximum Gasteiger partial charge on any atom is 0.259 e. The highest BCUT2D eigenvalue weighted by atomic mass is 16.5. The van der Waals surface area contributed by atoms with E-state index in [1.54, 1.807) is 36.9 Å². The number of carbonyl (C=O) groups is 3. The van der Waals surface area contributed by atoms with Crippen molar-refractivity contribution in [1.82, 2.24) is 34.8 Å². The number of aromatic nitrogens is 3. The third kappa shape index (κ3) is 7.21. The number of methoxy groups -OCH3 is 2. The van der Waals surface area contributed by atoms with Crippen LogP contribution in [0.3, 0.4) is 0 Å². The lowest BCUT2D eigenvalue weighted by Crippen LogP contribution is -2.52. The Morgan fingerprint density at radius 3 is 2.24 bits per heavy atom. The Labute approximate surface area is 337 Å². The first-order valence-corrected chi connectivity index (χ1v) is 20.5. The van der Waals surface area contributed by atoms with Gasteiger partial charge in [-0.15, -0.1) is 0 Å². The third-order valence-electron chi connectivity index (χ3n) is 13.5. The number of likely N-dealkylation sites (tertiary alicyclic amines) is 2. The topological polar surface area (TPSA) is 148 Å². The number of aryl methyl sites for hydroxylation is 1. The summed E-state index contributed by atoms with van der Waals surface area (Å²) in [6, 6.07) is 9.09. The summed E-state index contributed by atoms with van der Waals surface area (Å²) in [5, 5.41) is 11.6. The number of piperidine rings is 3. The van der Waals surface area contributed by atoms with Crippen molar-refractivity contribution in [2.24, 2.45) is 18.4 Å². The molecule has 6 heterocycles. The highest BCUT2D eigenvalue weighted by Gasteiger charge is 2.47. The lowest BCUT2D eigenvalue weighted by atomic mass is 9.61. The van der Waals surface area contributed by atoms with Crippen molar-refractivity contribution >= 4 is 28.5 Å². The van der Waals surface area contributed by atoms with Gasteiger partial charge in [0.1, 0.15) is 23.3 Å². The predicted molar refractivity (Wildman–Crippen MR) is 216 cm³/mol. The summed E-state index contributed by atoms with van der Waals surface area (Å²) in [6.07, 6.45) is 12.6. The zero-order valence-electron chi connectivity index (χ0n) is 33.5. The average molecular weight is 790 g/mol. The number of carbonyl (C=O) groups excluding carboxylic acids is 3.